The highest BCUT2D eigenvalue weighted by Crippen LogP contribution is 2.66. The van der Waals surface area contributed by atoms with Gasteiger partial charge in [-0.1, -0.05) is 13.3 Å². The molecule has 1 heterocycles. The van der Waals surface area contributed by atoms with Crippen molar-refractivity contribution in [3.63, 3.8) is 0 Å². The Kier molecular flexibility index (Phi) is 6.50. The van der Waals surface area contributed by atoms with E-state index < -0.39 is 29.6 Å². The van der Waals surface area contributed by atoms with Crippen LogP contribution in [-0.2, 0) is 31.6 Å². The van der Waals surface area contributed by atoms with Gasteiger partial charge < -0.3 is 24.3 Å². The van der Waals surface area contributed by atoms with E-state index in [0.717, 1.165) is 25.7 Å². The van der Waals surface area contributed by atoms with Crippen molar-refractivity contribution in [2.75, 3.05) is 6.61 Å². The summed E-state index contributed by atoms with van der Waals surface area (Å²) in [5.41, 5.74) is 0. The highest BCUT2D eigenvalue weighted by Gasteiger charge is 2.43. The first kappa shape index (κ1) is 20.7. The van der Waals surface area contributed by atoms with E-state index in [2.05, 4.69) is 13.1 Å². The van der Waals surface area contributed by atoms with E-state index >= 15 is 0 Å². The van der Waals surface area contributed by atoms with Crippen molar-refractivity contribution in [2.45, 2.75) is 44.8 Å². The predicted molar refractivity (Wildman–Crippen MR) is 79.6 cm³/mol. The minimum absolute atomic E-state index is 0.0582. The van der Waals surface area contributed by atoms with Gasteiger partial charge in [0.1, 0.15) is 0 Å². The van der Waals surface area contributed by atoms with Gasteiger partial charge in [-0.3, -0.25) is 4.52 Å². The standard InChI is InChI=1S/C10H21O11P3/c1-7-5-9(8-3-2-4-8)19-10(7)6-18-23(14,15)21-24(16,17)20-22(11,12)13/h7-10H,2-6H2,1H3,(H,14,15)(H,16,17)(H2,11,12,13)/t7?,9-,10-/m1/s1. The summed E-state index contributed by atoms with van der Waals surface area (Å²) in [6.07, 6.45) is 3.68. The van der Waals surface area contributed by atoms with E-state index in [1.807, 2.05) is 6.92 Å². The van der Waals surface area contributed by atoms with Crippen molar-refractivity contribution in [2.24, 2.45) is 11.8 Å². The molecule has 0 spiro atoms. The van der Waals surface area contributed by atoms with Crippen LogP contribution in [0.3, 0.4) is 0 Å². The summed E-state index contributed by atoms with van der Waals surface area (Å²) in [6, 6.07) is 0. The largest absolute Gasteiger partial charge is 0.490 e. The summed E-state index contributed by atoms with van der Waals surface area (Å²) in [5, 5.41) is 0. The van der Waals surface area contributed by atoms with Crippen molar-refractivity contribution in [3.8, 4) is 0 Å². The van der Waals surface area contributed by atoms with Gasteiger partial charge in [0, 0.05) is 0 Å². The zero-order chi connectivity index (χ0) is 18.2. The van der Waals surface area contributed by atoms with Crippen LogP contribution in [0.1, 0.15) is 32.6 Å². The molecule has 2 aliphatic rings. The lowest BCUT2D eigenvalue weighted by Crippen LogP contribution is -2.28. The molecule has 3 unspecified atom stereocenters. The molecule has 1 saturated heterocycles. The molecule has 0 radical (unpaired) electrons. The van der Waals surface area contributed by atoms with Crippen LogP contribution in [-0.4, -0.2) is 38.4 Å². The molecule has 24 heavy (non-hydrogen) atoms. The highest BCUT2D eigenvalue weighted by molar-refractivity contribution is 7.66. The fraction of sp³-hybridized carbons (Fsp3) is 1.00. The monoisotopic (exact) mass is 410 g/mol. The van der Waals surface area contributed by atoms with Crippen LogP contribution >= 0.6 is 23.5 Å². The smallest absolute Gasteiger partial charge is 0.372 e. The second-order valence-corrected chi connectivity index (χ2v) is 10.4. The van der Waals surface area contributed by atoms with E-state index in [-0.39, 0.29) is 18.6 Å². The Labute approximate surface area is 138 Å². The van der Waals surface area contributed by atoms with Gasteiger partial charge in [0.05, 0.1) is 18.8 Å². The lowest BCUT2D eigenvalue weighted by atomic mass is 9.79. The lowest BCUT2D eigenvalue weighted by molar-refractivity contribution is -0.0367. The van der Waals surface area contributed by atoms with Crippen LogP contribution in [0.25, 0.3) is 0 Å². The van der Waals surface area contributed by atoms with Crippen LogP contribution in [0.2, 0.25) is 0 Å². The zero-order valence-electron chi connectivity index (χ0n) is 12.8. The topological polar surface area (TPSA) is 169 Å². The summed E-state index contributed by atoms with van der Waals surface area (Å²) in [6.45, 7) is 1.53. The van der Waals surface area contributed by atoms with E-state index in [9.17, 15) is 18.6 Å². The van der Waals surface area contributed by atoms with Crippen molar-refractivity contribution in [3.05, 3.63) is 0 Å². The Morgan fingerprint density at radius 2 is 1.67 bits per heavy atom. The van der Waals surface area contributed by atoms with E-state index in [1.165, 1.54) is 0 Å². The average Bonchev–Trinajstić information content (AvgIpc) is 2.60. The van der Waals surface area contributed by atoms with Gasteiger partial charge in [-0.05, 0) is 31.1 Å². The number of hydrogen-bond acceptors (Lipinski definition) is 7. The number of hydrogen-bond donors (Lipinski definition) is 4. The first-order valence-electron chi connectivity index (χ1n) is 7.31. The summed E-state index contributed by atoms with van der Waals surface area (Å²) in [7, 11) is -15.9. The molecule has 4 N–H and O–H groups in total. The molecule has 2 fully saturated rings. The van der Waals surface area contributed by atoms with Crippen molar-refractivity contribution in [1.29, 1.82) is 0 Å². The van der Waals surface area contributed by atoms with Gasteiger partial charge in [0.25, 0.3) is 0 Å². The number of phosphoric ester groups is 1. The zero-order valence-corrected chi connectivity index (χ0v) is 15.5. The summed E-state index contributed by atoms with van der Waals surface area (Å²) < 4.78 is 51.1. The Bertz CT molecular complexity index is 585. The molecule has 11 nitrogen and oxygen atoms in total. The van der Waals surface area contributed by atoms with Crippen LogP contribution in [0.4, 0.5) is 0 Å². The van der Waals surface area contributed by atoms with Crippen LogP contribution in [0.5, 0.6) is 0 Å². The third kappa shape index (κ3) is 6.27. The fourth-order valence-corrected chi connectivity index (χ4v) is 5.75. The second-order valence-electron chi connectivity index (χ2n) is 6.00. The molecule has 0 aromatic rings. The first-order valence-corrected chi connectivity index (χ1v) is 11.8. The minimum Gasteiger partial charge on any atom is -0.372 e. The van der Waals surface area contributed by atoms with Crippen molar-refractivity contribution >= 4 is 23.5 Å². The van der Waals surface area contributed by atoms with Gasteiger partial charge in [0.2, 0.25) is 0 Å². The quantitative estimate of drug-likeness (QED) is 0.431. The Morgan fingerprint density at radius 3 is 2.17 bits per heavy atom. The third-order valence-corrected chi connectivity index (χ3v) is 7.88. The molecular weight excluding hydrogens is 389 g/mol. The maximum absolute atomic E-state index is 11.7. The average molecular weight is 410 g/mol. The highest BCUT2D eigenvalue weighted by atomic mass is 31.3. The van der Waals surface area contributed by atoms with Gasteiger partial charge in [-0.25, -0.2) is 13.7 Å². The molecule has 14 heteroatoms. The first-order chi connectivity index (χ1) is 10.9. The molecule has 1 aliphatic heterocycles. The molecule has 1 aliphatic carbocycles. The van der Waals surface area contributed by atoms with E-state index in [1.54, 1.807) is 0 Å². The van der Waals surface area contributed by atoms with Crippen LogP contribution in [0.15, 0.2) is 0 Å². The second kappa shape index (κ2) is 7.55. The van der Waals surface area contributed by atoms with E-state index in [4.69, 9.17) is 19.4 Å². The number of phosphoric acid groups is 3. The van der Waals surface area contributed by atoms with Gasteiger partial charge in [-0.15, -0.1) is 0 Å². The molecule has 142 valence electrons. The predicted octanol–water partition coefficient (Wildman–Crippen LogP) is 1.92. The summed E-state index contributed by atoms with van der Waals surface area (Å²) in [5.74, 6) is 0.534. The van der Waals surface area contributed by atoms with Crippen molar-refractivity contribution in [1.82, 2.24) is 0 Å². The summed E-state index contributed by atoms with van der Waals surface area (Å²) >= 11 is 0. The molecule has 2 rings (SSSR count). The molecular formula is C10H21O11P3. The molecule has 0 aromatic heterocycles. The van der Waals surface area contributed by atoms with Gasteiger partial charge >= 0.3 is 23.5 Å². The fourth-order valence-electron chi connectivity index (χ4n) is 2.72. The van der Waals surface area contributed by atoms with Gasteiger partial charge in [-0.2, -0.15) is 8.62 Å². The van der Waals surface area contributed by atoms with Crippen LogP contribution < -0.4 is 0 Å². The molecule has 5 atom stereocenters. The Morgan fingerprint density at radius 1 is 1.04 bits per heavy atom. The van der Waals surface area contributed by atoms with E-state index in [0.29, 0.717) is 5.92 Å². The van der Waals surface area contributed by atoms with Crippen LogP contribution in [0, 0.1) is 11.8 Å². The molecule has 1 saturated carbocycles. The normalized spacial score (nSPS) is 33.6. The summed E-state index contributed by atoms with van der Waals surface area (Å²) in [4.78, 5) is 35.4. The molecule has 0 bridgehead atoms. The van der Waals surface area contributed by atoms with Crippen molar-refractivity contribution < 1.29 is 51.2 Å². The van der Waals surface area contributed by atoms with Gasteiger partial charge in [0.15, 0.2) is 0 Å². The number of ether oxygens (including phenoxy) is 1. The minimum atomic E-state index is -5.48. The SMILES string of the molecule is CC1C[C@H](C2CCC2)O[C@@H]1COP(=O)(O)OP(=O)(O)OP(=O)(O)O. The Hall–Kier alpha value is 0.370. The lowest BCUT2D eigenvalue weighted by Gasteiger charge is -2.31. The molecule has 0 aromatic carbocycles. The number of rotatable bonds is 8. The molecule has 0 amide bonds. The Balaban J connectivity index is 1.84. The maximum atomic E-state index is 11.7. The third-order valence-electron chi connectivity index (χ3n) is 4.08. The maximum Gasteiger partial charge on any atom is 0.490 e.